The van der Waals surface area contributed by atoms with Crippen molar-refractivity contribution in [2.75, 3.05) is 17.2 Å². The number of anilines is 2. The lowest BCUT2D eigenvalue weighted by Gasteiger charge is -2.11. The normalized spacial score (nSPS) is 11.1. The van der Waals surface area contributed by atoms with Gasteiger partial charge >= 0.3 is 12.1 Å². The average Bonchev–Trinajstić information content (AvgIpc) is 2.70. The van der Waals surface area contributed by atoms with Gasteiger partial charge in [-0.2, -0.15) is 13.2 Å². The van der Waals surface area contributed by atoms with Gasteiger partial charge in [0, 0.05) is 28.7 Å². The minimum atomic E-state index is -4.51. The molecule has 0 heterocycles. The summed E-state index contributed by atoms with van der Waals surface area (Å²) < 4.78 is 43.9. The van der Waals surface area contributed by atoms with Gasteiger partial charge in [-0.3, -0.25) is 14.4 Å². The highest BCUT2D eigenvalue weighted by Gasteiger charge is 2.30. The molecule has 10 heteroatoms. The molecule has 2 aromatic rings. The zero-order chi connectivity index (χ0) is 23.9. The standard InChI is InChI=1S/C22H22BrF3N2O4/c1-13-10-18(14(2)9-17(13)23)28-20(30)12-32-21(31)8-4-7-19(29)27-16-6-3-5-15(11-16)22(24,25)26/h3,5-6,9-11H,4,7-8,12H2,1-2H3,(H,27,29)(H,28,30). The number of benzene rings is 2. The Morgan fingerprint density at radius 2 is 1.69 bits per heavy atom. The number of hydrogen-bond acceptors (Lipinski definition) is 4. The molecule has 0 bridgehead atoms. The zero-order valence-electron chi connectivity index (χ0n) is 17.4. The van der Waals surface area contributed by atoms with Crippen LogP contribution in [-0.2, 0) is 25.3 Å². The number of esters is 1. The van der Waals surface area contributed by atoms with Gasteiger partial charge in [0.2, 0.25) is 5.91 Å². The van der Waals surface area contributed by atoms with Gasteiger partial charge in [0.05, 0.1) is 5.56 Å². The summed E-state index contributed by atoms with van der Waals surface area (Å²) in [5, 5.41) is 5.03. The molecule has 0 aromatic heterocycles. The lowest BCUT2D eigenvalue weighted by Crippen LogP contribution is -2.21. The number of alkyl halides is 3. The Hall–Kier alpha value is -2.88. The highest BCUT2D eigenvalue weighted by Crippen LogP contribution is 2.30. The van der Waals surface area contributed by atoms with E-state index in [0.29, 0.717) is 5.69 Å². The van der Waals surface area contributed by atoms with Crippen LogP contribution in [0.4, 0.5) is 24.5 Å². The number of nitrogens with one attached hydrogen (secondary N) is 2. The maximum absolute atomic E-state index is 12.7. The summed E-state index contributed by atoms with van der Waals surface area (Å²) in [5.41, 5.74) is 1.53. The van der Waals surface area contributed by atoms with E-state index < -0.39 is 36.1 Å². The van der Waals surface area contributed by atoms with Crippen LogP contribution >= 0.6 is 15.9 Å². The Labute approximate surface area is 191 Å². The third-order valence-electron chi connectivity index (χ3n) is 4.40. The molecule has 0 saturated heterocycles. The Morgan fingerprint density at radius 3 is 2.38 bits per heavy atom. The minimum absolute atomic E-state index is 0.0162. The van der Waals surface area contributed by atoms with Crippen molar-refractivity contribution in [3.63, 3.8) is 0 Å². The monoisotopic (exact) mass is 514 g/mol. The molecule has 0 aliphatic rings. The molecule has 0 atom stereocenters. The van der Waals surface area contributed by atoms with Gasteiger partial charge in [0.15, 0.2) is 6.61 Å². The number of aryl methyl sites for hydroxylation is 2. The molecular weight excluding hydrogens is 493 g/mol. The molecule has 32 heavy (non-hydrogen) atoms. The van der Waals surface area contributed by atoms with Crippen molar-refractivity contribution in [2.45, 2.75) is 39.3 Å². The van der Waals surface area contributed by atoms with E-state index in [2.05, 4.69) is 26.6 Å². The van der Waals surface area contributed by atoms with E-state index in [1.54, 1.807) is 6.07 Å². The fourth-order valence-corrected chi connectivity index (χ4v) is 3.17. The fraction of sp³-hybridized carbons (Fsp3) is 0.318. The molecule has 172 valence electrons. The summed E-state index contributed by atoms with van der Waals surface area (Å²) in [6.45, 7) is 3.24. The van der Waals surface area contributed by atoms with Crippen LogP contribution in [0, 0.1) is 13.8 Å². The molecule has 0 saturated carbocycles. The smallest absolute Gasteiger partial charge is 0.416 e. The van der Waals surface area contributed by atoms with Gasteiger partial charge in [-0.05, 0) is 61.7 Å². The first kappa shape index (κ1) is 25.4. The maximum Gasteiger partial charge on any atom is 0.416 e. The number of carbonyl (C=O) groups excluding carboxylic acids is 3. The summed E-state index contributed by atoms with van der Waals surface area (Å²) >= 11 is 3.40. The first-order chi connectivity index (χ1) is 15.0. The minimum Gasteiger partial charge on any atom is -0.456 e. The second-order valence-electron chi connectivity index (χ2n) is 7.11. The van der Waals surface area contributed by atoms with Crippen LogP contribution in [0.15, 0.2) is 40.9 Å². The van der Waals surface area contributed by atoms with Gasteiger partial charge in [-0.1, -0.05) is 22.0 Å². The molecule has 0 spiro atoms. The summed E-state index contributed by atoms with van der Waals surface area (Å²) in [4.78, 5) is 35.7. The first-order valence-corrected chi connectivity index (χ1v) is 10.4. The number of halogens is 4. The summed E-state index contributed by atoms with van der Waals surface area (Å²) in [6, 6.07) is 7.93. The molecule has 0 fully saturated rings. The van der Waals surface area contributed by atoms with E-state index >= 15 is 0 Å². The molecule has 0 unspecified atom stereocenters. The van der Waals surface area contributed by atoms with Crippen LogP contribution in [0.1, 0.15) is 36.0 Å². The van der Waals surface area contributed by atoms with Gasteiger partial charge in [-0.15, -0.1) is 0 Å². The largest absolute Gasteiger partial charge is 0.456 e. The van der Waals surface area contributed by atoms with Gasteiger partial charge < -0.3 is 15.4 Å². The molecule has 2 rings (SSSR count). The molecular formula is C22H22BrF3N2O4. The van der Waals surface area contributed by atoms with Gasteiger partial charge in [-0.25, -0.2) is 0 Å². The van der Waals surface area contributed by atoms with Crippen molar-refractivity contribution in [2.24, 2.45) is 0 Å². The number of hydrogen-bond donors (Lipinski definition) is 2. The van der Waals surface area contributed by atoms with Crippen LogP contribution in [0.25, 0.3) is 0 Å². The second kappa shape index (κ2) is 11.1. The van der Waals surface area contributed by atoms with Gasteiger partial charge in [0.25, 0.3) is 5.91 Å². The van der Waals surface area contributed by atoms with E-state index in [1.807, 2.05) is 19.9 Å². The summed E-state index contributed by atoms with van der Waals surface area (Å²) in [7, 11) is 0. The third-order valence-corrected chi connectivity index (χ3v) is 5.26. The van der Waals surface area contributed by atoms with Crippen molar-refractivity contribution in [1.82, 2.24) is 0 Å². The van der Waals surface area contributed by atoms with E-state index in [1.165, 1.54) is 12.1 Å². The number of amides is 2. The predicted molar refractivity (Wildman–Crippen MR) is 117 cm³/mol. The molecule has 0 aliphatic carbocycles. The number of ether oxygens (including phenoxy) is 1. The Balaban J connectivity index is 1.71. The fourth-order valence-electron chi connectivity index (χ4n) is 2.71. The Kier molecular flexibility index (Phi) is 8.82. The van der Waals surface area contributed by atoms with Crippen molar-refractivity contribution < 1.29 is 32.3 Å². The molecule has 2 N–H and O–H groups in total. The zero-order valence-corrected chi connectivity index (χ0v) is 19.0. The third kappa shape index (κ3) is 7.99. The second-order valence-corrected chi connectivity index (χ2v) is 7.96. The summed E-state index contributed by atoms with van der Waals surface area (Å²) in [5.74, 6) is -1.68. The lowest BCUT2D eigenvalue weighted by molar-refractivity contribution is -0.147. The van der Waals surface area contributed by atoms with Crippen LogP contribution in [0.2, 0.25) is 0 Å². The SMILES string of the molecule is Cc1cc(NC(=O)COC(=O)CCCC(=O)Nc2cccc(C(F)(F)F)c2)c(C)cc1Br. The Bertz CT molecular complexity index is 1010. The molecule has 0 radical (unpaired) electrons. The van der Waals surface area contributed by atoms with Crippen molar-refractivity contribution in [3.05, 3.63) is 57.6 Å². The quantitative estimate of drug-likeness (QED) is 0.463. The highest BCUT2D eigenvalue weighted by molar-refractivity contribution is 9.10. The number of rotatable bonds is 8. The molecule has 6 nitrogen and oxygen atoms in total. The van der Waals surface area contributed by atoms with E-state index in [0.717, 1.165) is 27.7 Å². The topological polar surface area (TPSA) is 84.5 Å². The average molecular weight is 515 g/mol. The van der Waals surface area contributed by atoms with Crippen LogP contribution in [0.5, 0.6) is 0 Å². The van der Waals surface area contributed by atoms with Crippen LogP contribution < -0.4 is 10.6 Å². The van der Waals surface area contributed by atoms with E-state index in [4.69, 9.17) is 4.74 Å². The van der Waals surface area contributed by atoms with Crippen molar-refractivity contribution >= 4 is 45.1 Å². The van der Waals surface area contributed by atoms with E-state index in [9.17, 15) is 27.6 Å². The van der Waals surface area contributed by atoms with Crippen LogP contribution in [-0.4, -0.2) is 24.4 Å². The van der Waals surface area contributed by atoms with Gasteiger partial charge in [0.1, 0.15) is 0 Å². The highest BCUT2D eigenvalue weighted by atomic mass is 79.9. The Morgan fingerprint density at radius 1 is 0.969 bits per heavy atom. The molecule has 0 aliphatic heterocycles. The van der Waals surface area contributed by atoms with E-state index in [-0.39, 0.29) is 24.9 Å². The first-order valence-electron chi connectivity index (χ1n) is 9.65. The lowest BCUT2D eigenvalue weighted by atomic mass is 10.1. The molecule has 2 aromatic carbocycles. The maximum atomic E-state index is 12.7. The van der Waals surface area contributed by atoms with Crippen molar-refractivity contribution in [3.8, 4) is 0 Å². The van der Waals surface area contributed by atoms with Crippen molar-refractivity contribution in [1.29, 1.82) is 0 Å². The predicted octanol–water partition coefficient (Wildman–Crippen LogP) is 5.38. The number of carbonyl (C=O) groups is 3. The van der Waals surface area contributed by atoms with Crippen LogP contribution in [0.3, 0.4) is 0 Å². The summed E-state index contributed by atoms with van der Waals surface area (Å²) in [6.07, 6.45) is -4.59. The molecule has 2 amide bonds.